The number of nitrogens with one attached hydrogen (secondary N) is 1. The van der Waals surface area contributed by atoms with E-state index in [1.165, 1.54) is 6.07 Å². The summed E-state index contributed by atoms with van der Waals surface area (Å²) >= 11 is 0. The number of nitrogens with zero attached hydrogens (tertiary/aromatic N) is 3. The van der Waals surface area contributed by atoms with Gasteiger partial charge in [0.15, 0.2) is 17.3 Å². The SMILES string of the molecule is C=CCn1nc(C(=O)N2CCOCC2)c2c1CC[C@H](NCc1cccc(F)c1F)C2. The number of amides is 1. The smallest absolute Gasteiger partial charge is 0.274 e. The molecule has 1 aliphatic carbocycles. The first-order valence-corrected chi connectivity index (χ1v) is 10.3. The van der Waals surface area contributed by atoms with Crippen LogP contribution in [0.2, 0.25) is 0 Å². The second-order valence-corrected chi connectivity index (χ2v) is 7.68. The van der Waals surface area contributed by atoms with Crippen molar-refractivity contribution in [3.63, 3.8) is 0 Å². The van der Waals surface area contributed by atoms with Crippen molar-refractivity contribution in [2.24, 2.45) is 0 Å². The summed E-state index contributed by atoms with van der Waals surface area (Å²) in [6.07, 6.45) is 3.98. The Morgan fingerprint density at radius 3 is 2.90 bits per heavy atom. The number of morpholine rings is 1. The molecular weight excluding hydrogens is 390 g/mol. The van der Waals surface area contributed by atoms with Gasteiger partial charge in [0.2, 0.25) is 0 Å². The third-order valence-electron chi connectivity index (χ3n) is 5.76. The zero-order chi connectivity index (χ0) is 21.1. The van der Waals surface area contributed by atoms with Crippen molar-refractivity contribution in [3.05, 3.63) is 65.0 Å². The van der Waals surface area contributed by atoms with Crippen molar-refractivity contribution in [1.82, 2.24) is 20.0 Å². The van der Waals surface area contributed by atoms with E-state index >= 15 is 0 Å². The van der Waals surface area contributed by atoms with Crippen LogP contribution in [-0.2, 0) is 30.7 Å². The standard InChI is InChI=1S/C22H26F2N4O2/c1-2-8-28-19-7-6-16(25-14-15-4-3-5-18(23)20(15)24)13-17(19)21(26-28)22(29)27-9-11-30-12-10-27/h2-5,16,25H,1,6-14H2/t16-/m0/s1. The van der Waals surface area contributed by atoms with E-state index in [-0.39, 0.29) is 18.5 Å². The number of carbonyl (C=O) groups is 1. The van der Waals surface area contributed by atoms with Crippen LogP contribution < -0.4 is 5.32 Å². The first-order valence-electron chi connectivity index (χ1n) is 10.3. The zero-order valence-electron chi connectivity index (χ0n) is 16.9. The van der Waals surface area contributed by atoms with Crippen LogP contribution in [-0.4, -0.2) is 52.9 Å². The van der Waals surface area contributed by atoms with Crippen LogP contribution in [0.25, 0.3) is 0 Å². The first kappa shape index (κ1) is 20.7. The predicted molar refractivity (Wildman–Crippen MR) is 108 cm³/mol. The highest BCUT2D eigenvalue weighted by atomic mass is 19.2. The molecular formula is C22H26F2N4O2. The Morgan fingerprint density at radius 1 is 1.33 bits per heavy atom. The average Bonchev–Trinajstić information content (AvgIpc) is 3.13. The quantitative estimate of drug-likeness (QED) is 0.735. The van der Waals surface area contributed by atoms with Gasteiger partial charge < -0.3 is 15.0 Å². The Labute approximate surface area is 174 Å². The minimum atomic E-state index is -0.843. The van der Waals surface area contributed by atoms with Crippen LogP contribution in [0.15, 0.2) is 30.9 Å². The van der Waals surface area contributed by atoms with Gasteiger partial charge >= 0.3 is 0 Å². The topological polar surface area (TPSA) is 59.4 Å². The fraction of sp³-hybridized carbons (Fsp3) is 0.455. The lowest BCUT2D eigenvalue weighted by molar-refractivity contribution is 0.0297. The second kappa shape index (κ2) is 9.06. The molecule has 1 aromatic carbocycles. The largest absolute Gasteiger partial charge is 0.378 e. The number of fused-ring (bicyclic) bond motifs is 1. The predicted octanol–water partition coefficient (Wildman–Crippen LogP) is 2.47. The van der Waals surface area contributed by atoms with Gasteiger partial charge in [0, 0.05) is 42.5 Å². The summed E-state index contributed by atoms with van der Waals surface area (Å²) in [5.74, 6) is -1.73. The van der Waals surface area contributed by atoms with Gasteiger partial charge in [-0.05, 0) is 25.3 Å². The van der Waals surface area contributed by atoms with Gasteiger partial charge in [-0.15, -0.1) is 6.58 Å². The molecule has 2 heterocycles. The van der Waals surface area contributed by atoms with Gasteiger partial charge in [-0.2, -0.15) is 5.10 Å². The van der Waals surface area contributed by atoms with E-state index in [4.69, 9.17) is 4.74 Å². The number of hydrogen-bond donors (Lipinski definition) is 1. The third kappa shape index (κ3) is 4.15. The van der Waals surface area contributed by atoms with E-state index in [2.05, 4.69) is 17.0 Å². The van der Waals surface area contributed by atoms with E-state index in [9.17, 15) is 13.6 Å². The fourth-order valence-electron chi connectivity index (χ4n) is 4.16. The maximum absolute atomic E-state index is 14.0. The normalized spacial score (nSPS) is 18.9. The fourth-order valence-corrected chi connectivity index (χ4v) is 4.16. The third-order valence-corrected chi connectivity index (χ3v) is 5.76. The number of benzene rings is 1. The molecule has 8 heteroatoms. The van der Waals surface area contributed by atoms with Crippen LogP contribution in [0.5, 0.6) is 0 Å². The van der Waals surface area contributed by atoms with Crippen molar-refractivity contribution in [2.45, 2.75) is 38.4 Å². The summed E-state index contributed by atoms with van der Waals surface area (Å²) in [7, 11) is 0. The van der Waals surface area contributed by atoms with Gasteiger partial charge in [-0.25, -0.2) is 8.78 Å². The lowest BCUT2D eigenvalue weighted by atomic mass is 9.90. The van der Waals surface area contributed by atoms with E-state index < -0.39 is 11.6 Å². The van der Waals surface area contributed by atoms with Crippen molar-refractivity contribution < 1.29 is 18.3 Å². The monoisotopic (exact) mass is 416 g/mol. The highest BCUT2D eigenvalue weighted by Crippen LogP contribution is 2.27. The molecule has 1 saturated heterocycles. The highest BCUT2D eigenvalue weighted by Gasteiger charge is 2.31. The molecule has 0 unspecified atom stereocenters. The van der Waals surface area contributed by atoms with Crippen molar-refractivity contribution in [2.75, 3.05) is 26.3 Å². The minimum Gasteiger partial charge on any atom is -0.378 e. The lowest BCUT2D eigenvalue weighted by Crippen LogP contribution is -2.41. The molecule has 2 aromatic rings. The summed E-state index contributed by atoms with van der Waals surface area (Å²) < 4.78 is 34.6. The molecule has 1 aromatic heterocycles. The second-order valence-electron chi connectivity index (χ2n) is 7.68. The molecule has 2 aliphatic rings. The number of hydrogen-bond acceptors (Lipinski definition) is 4. The van der Waals surface area contributed by atoms with E-state index in [0.29, 0.717) is 50.5 Å². The number of allylic oxidation sites excluding steroid dienone is 1. The maximum atomic E-state index is 14.0. The summed E-state index contributed by atoms with van der Waals surface area (Å²) in [5, 5.41) is 7.94. The highest BCUT2D eigenvalue weighted by molar-refractivity contribution is 5.94. The first-order chi connectivity index (χ1) is 14.6. The molecule has 1 amide bonds. The molecule has 1 aliphatic heterocycles. The van der Waals surface area contributed by atoms with Gasteiger partial charge in [0.05, 0.1) is 19.8 Å². The van der Waals surface area contributed by atoms with Gasteiger partial charge in [0.25, 0.3) is 5.91 Å². The molecule has 6 nitrogen and oxygen atoms in total. The molecule has 0 radical (unpaired) electrons. The molecule has 4 rings (SSSR count). The number of halogens is 2. The summed E-state index contributed by atoms with van der Waals surface area (Å²) in [4.78, 5) is 14.9. The van der Waals surface area contributed by atoms with Crippen molar-refractivity contribution in [3.8, 4) is 0 Å². The van der Waals surface area contributed by atoms with E-state index in [0.717, 1.165) is 30.2 Å². The van der Waals surface area contributed by atoms with E-state index in [1.54, 1.807) is 17.0 Å². The number of ether oxygens (including phenoxy) is 1. The summed E-state index contributed by atoms with van der Waals surface area (Å²) in [5.41, 5.74) is 2.78. The molecule has 30 heavy (non-hydrogen) atoms. The van der Waals surface area contributed by atoms with Gasteiger partial charge in [0.1, 0.15) is 0 Å². The number of aromatic nitrogens is 2. The summed E-state index contributed by atoms with van der Waals surface area (Å²) in [6, 6.07) is 4.25. The molecule has 0 spiro atoms. The van der Waals surface area contributed by atoms with Crippen molar-refractivity contribution in [1.29, 1.82) is 0 Å². The molecule has 1 N–H and O–H groups in total. The molecule has 1 atom stereocenters. The number of carbonyl (C=O) groups excluding carboxylic acids is 1. The molecule has 1 fully saturated rings. The Hall–Kier alpha value is -2.58. The van der Waals surface area contributed by atoms with Crippen LogP contribution >= 0.6 is 0 Å². The van der Waals surface area contributed by atoms with Gasteiger partial charge in [-0.3, -0.25) is 9.48 Å². The lowest BCUT2D eigenvalue weighted by Gasteiger charge is -2.28. The Bertz CT molecular complexity index is 937. The van der Waals surface area contributed by atoms with Gasteiger partial charge in [-0.1, -0.05) is 18.2 Å². The molecule has 0 bridgehead atoms. The van der Waals surface area contributed by atoms with Crippen LogP contribution in [0.3, 0.4) is 0 Å². The van der Waals surface area contributed by atoms with Crippen LogP contribution in [0.1, 0.15) is 33.7 Å². The minimum absolute atomic E-state index is 0.0535. The van der Waals surface area contributed by atoms with Crippen LogP contribution in [0, 0.1) is 11.6 Å². The number of rotatable bonds is 6. The summed E-state index contributed by atoms with van der Waals surface area (Å²) in [6.45, 7) is 6.75. The van der Waals surface area contributed by atoms with E-state index in [1.807, 2.05) is 4.68 Å². The van der Waals surface area contributed by atoms with Crippen LogP contribution in [0.4, 0.5) is 8.78 Å². The molecule has 160 valence electrons. The maximum Gasteiger partial charge on any atom is 0.274 e. The average molecular weight is 416 g/mol. The Balaban J connectivity index is 1.52. The molecule has 0 saturated carbocycles. The zero-order valence-corrected chi connectivity index (χ0v) is 16.9. The Morgan fingerprint density at radius 2 is 2.13 bits per heavy atom. The van der Waals surface area contributed by atoms with Crippen molar-refractivity contribution >= 4 is 5.91 Å². The Kier molecular flexibility index (Phi) is 6.24.